The summed E-state index contributed by atoms with van der Waals surface area (Å²) >= 11 is 0. The molecule has 0 unspecified atom stereocenters. The molecule has 0 atom stereocenters. The van der Waals surface area contributed by atoms with Gasteiger partial charge in [0.2, 0.25) is 0 Å². The lowest BCUT2D eigenvalue weighted by molar-refractivity contribution is 0.475. The van der Waals surface area contributed by atoms with Gasteiger partial charge in [-0.2, -0.15) is 5.10 Å². The van der Waals surface area contributed by atoms with Crippen molar-refractivity contribution in [2.24, 2.45) is 12.8 Å². The summed E-state index contributed by atoms with van der Waals surface area (Å²) in [6, 6.07) is 7.62. The number of rotatable bonds is 2. The Hall–Kier alpha value is -2.01. The largest absolute Gasteiger partial charge is 0.508 e. The fourth-order valence-corrected chi connectivity index (χ4v) is 2.79. The van der Waals surface area contributed by atoms with Gasteiger partial charge in [0.05, 0.1) is 17.6 Å². The molecule has 1 aliphatic heterocycles. The molecule has 20 heavy (non-hydrogen) atoms. The molecule has 0 aliphatic carbocycles. The lowest BCUT2D eigenvalue weighted by Crippen LogP contribution is -2.39. The number of piperidine rings is 1. The first-order chi connectivity index (χ1) is 9.65. The Morgan fingerprint density at radius 3 is 2.75 bits per heavy atom. The van der Waals surface area contributed by atoms with E-state index in [1.807, 2.05) is 30.1 Å². The highest BCUT2D eigenvalue weighted by atomic mass is 16.3. The lowest BCUT2D eigenvalue weighted by Gasteiger charge is -2.31. The molecule has 106 valence electrons. The molecule has 3 rings (SSSR count). The third-order valence-corrected chi connectivity index (χ3v) is 3.92. The van der Waals surface area contributed by atoms with Crippen LogP contribution in [-0.4, -0.2) is 34.0 Å². The van der Waals surface area contributed by atoms with Crippen molar-refractivity contribution in [1.29, 1.82) is 0 Å². The molecule has 5 nitrogen and oxygen atoms in total. The summed E-state index contributed by atoms with van der Waals surface area (Å²) in [6.07, 6.45) is 3.92. The van der Waals surface area contributed by atoms with Gasteiger partial charge in [-0.15, -0.1) is 0 Å². The highest BCUT2D eigenvalue weighted by molar-refractivity contribution is 5.76. The molecule has 2 aromatic rings. The molecule has 3 N–H and O–H groups in total. The minimum absolute atomic E-state index is 0.273. The van der Waals surface area contributed by atoms with Crippen molar-refractivity contribution >= 4 is 5.69 Å². The Bertz CT molecular complexity index is 600. The molecule has 1 fully saturated rings. The van der Waals surface area contributed by atoms with Crippen molar-refractivity contribution in [3.05, 3.63) is 30.5 Å². The molecule has 1 saturated heterocycles. The van der Waals surface area contributed by atoms with E-state index in [0.29, 0.717) is 6.04 Å². The van der Waals surface area contributed by atoms with Crippen LogP contribution in [0.15, 0.2) is 30.5 Å². The number of phenols is 1. The summed E-state index contributed by atoms with van der Waals surface area (Å²) in [5.74, 6) is 0.273. The van der Waals surface area contributed by atoms with Crippen LogP contribution in [0, 0.1) is 0 Å². The van der Waals surface area contributed by atoms with Crippen LogP contribution in [-0.2, 0) is 7.05 Å². The van der Waals surface area contributed by atoms with E-state index in [9.17, 15) is 5.11 Å². The third kappa shape index (κ3) is 2.36. The SMILES string of the molecule is Cn1ncc(N2CCC(N)CC2)c1-c1cccc(O)c1. The number of benzene rings is 1. The summed E-state index contributed by atoms with van der Waals surface area (Å²) in [5.41, 5.74) is 9.10. The number of aromatic nitrogens is 2. The van der Waals surface area contributed by atoms with Crippen LogP contribution in [0.5, 0.6) is 5.75 Å². The predicted molar refractivity (Wildman–Crippen MR) is 79.7 cm³/mol. The van der Waals surface area contributed by atoms with Crippen LogP contribution in [0.1, 0.15) is 12.8 Å². The molecule has 0 spiro atoms. The molecule has 0 amide bonds. The molecule has 1 aliphatic rings. The zero-order valence-corrected chi connectivity index (χ0v) is 11.7. The Labute approximate surface area is 118 Å². The average molecular weight is 272 g/mol. The van der Waals surface area contributed by atoms with Crippen LogP contribution in [0.2, 0.25) is 0 Å². The van der Waals surface area contributed by atoms with E-state index in [0.717, 1.165) is 42.9 Å². The Balaban J connectivity index is 1.97. The van der Waals surface area contributed by atoms with E-state index in [2.05, 4.69) is 10.00 Å². The smallest absolute Gasteiger partial charge is 0.116 e. The molecule has 5 heteroatoms. The Morgan fingerprint density at radius 2 is 2.05 bits per heavy atom. The summed E-state index contributed by atoms with van der Waals surface area (Å²) in [5, 5.41) is 14.1. The van der Waals surface area contributed by atoms with Crippen molar-refractivity contribution in [2.45, 2.75) is 18.9 Å². The van der Waals surface area contributed by atoms with Gasteiger partial charge in [0.15, 0.2) is 0 Å². The molecule has 0 saturated carbocycles. The van der Waals surface area contributed by atoms with Gasteiger partial charge in [-0.25, -0.2) is 0 Å². The summed E-state index contributed by atoms with van der Waals surface area (Å²) in [6.45, 7) is 1.91. The highest BCUT2D eigenvalue weighted by Crippen LogP contribution is 2.33. The molecular weight excluding hydrogens is 252 g/mol. The van der Waals surface area contributed by atoms with Crippen LogP contribution in [0.3, 0.4) is 0 Å². The van der Waals surface area contributed by atoms with Crippen molar-refractivity contribution < 1.29 is 5.11 Å². The van der Waals surface area contributed by atoms with Crippen LogP contribution >= 0.6 is 0 Å². The van der Waals surface area contributed by atoms with Gasteiger partial charge < -0.3 is 15.7 Å². The van der Waals surface area contributed by atoms with Gasteiger partial charge in [0.1, 0.15) is 5.75 Å². The Morgan fingerprint density at radius 1 is 1.30 bits per heavy atom. The van der Waals surface area contributed by atoms with Crippen molar-refractivity contribution in [2.75, 3.05) is 18.0 Å². The number of nitrogens with two attached hydrogens (primary N) is 1. The standard InChI is InChI=1S/C15H20N4O/c1-18-15(11-3-2-4-13(20)9-11)14(10-17-18)19-7-5-12(16)6-8-19/h2-4,9-10,12,20H,5-8,16H2,1H3. The first kappa shape index (κ1) is 13.0. The van der Waals surface area contributed by atoms with E-state index in [4.69, 9.17) is 5.73 Å². The molecule has 1 aromatic heterocycles. The topological polar surface area (TPSA) is 67.3 Å². The van der Waals surface area contributed by atoms with Gasteiger partial charge in [0, 0.05) is 31.7 Å². The van der Waals surface area contributed by atoms with Crippen LogP contribution in [0.25, 0.3) is 11.3 Å². The number of hydrogen-bond donors (Lipinski definition) is 2. The third-order valence-electron chi connectivity index (χ3n) is 3.92. The highest BCUT2D eigenvalue weighted by Gasteiger charge is 2.21. The first-order valence-electron chi connectivity index (χ1n) is 6.97. The number of phenolic OH excluding ortho intramolecular Hbond substituents is 1. The van der Waals surface area contributed by atoms with Gasteiger partial charge in [-0.05, 0) is 25.0 Å². The van der Waals surface area contributed by atoms with Crippen molar-refractivity contribution in [1.82, 2.24) is 9.78 Å². The normalized spacial score (nSPS) is 16.6. The fraction of sp³-hybridized carbons (Fsp3) is 0.400. The summed E-state index contributed by atoms with van der Waals surface area (Å²) < 4.78 is 1.86. The molecule has 2 heterocycles. The van der Waals surface area contributed by atoms with E-state index >= 15 is 0 Å². The zero-order chi connectivity index (χ0) is 14.1. The second-order valence-electron chi connectivity index (χ2n) is 5.38. The van der Waals surface area contributed by atoms with E-state index < -0.39 is 0 Å². The number of anilines is 1. The van der Waals surface area contributed by atoms with Crippen LogP contribution < -0.4 is 10.6 Å². The number of aromatic hydroxyl groups is 1. The van der Waals surface area contributed by atoms with Crippen molar-refractivity contribution in [3.63, 3.8) is 0 Å². The maximum atomic E-state index is 9.68. The molecular formula is C15H20N4O. The van der Waals surface area contributed by atoms with E-state index in [1.165, 1.54) is 0 Å². The number of aryl methyl sites for hydroxylation is 1. The van der Waals surface area contributed by atoms with E-state index in [1.54, 1.807) is 12.1 Å². The predicted octanol–water partition coefficient (Wildman–Crippen LogP) is 1.72. The van der Waals surface area contributed by atoms with E-state index in [-0.39, 0.29) is 5.75 Å². The van der Waals surface area contributed by atoms with Gasteiger partial charge in [-0.1, -0.05) is 12.1 Å². The summed E-state index contributed by atoms with van der Waals surface area (Å²) in [7, 11) is 1.93. The monoisotopic (exact) mass is 272 g/mol. The molecule has 1 aromatic carbocycles. The molecule has 0 radical (unpaired) electrons. The second-order valence-corrected chi connectivity index (χ2v) is 5.38. The Kier molecular flexibility index (Phi) is 3.36. The van der Waals surface area contributed by atoms with Crippen molar-refractivity contribution in [3.8, 4) is 17.0 Å². The van der Waals surface area contributed by atoms with Gasteiger partial charge in [-0.3, -0.25) is 4.68 Å². The number of nitrogens with zero attached hydrogens (tertiary/aromatic N) is 3. The van der Waals surface area contributed by atoms with Crippen LogP contribution in [0.4, 0.5) is 5.69 Å². The maximum absolute atomic E-state index is 9.68. The average Bonchev–Trinajstić information content (AvgIpc) is 2.81. The van der Waals surface area contributed by atoms with Gasteiger partial charge >= 0.3 is 0 Å². The first-order valence-corrected chi connectivity index (χ1v) is 6.97. The fourth-order valence-electron chi connectivity index (χ4n) is 2.79. The number of hydrogen-bond acceptors (Lipinski definition) is 4. The summed E-state index contributed by atoms with van der Waals surface area (Å²) in [4.78, 5) is 2.33. The van der Waals surface area contributed by atoms with Gasteiger partial charge in [0.25, 0.3) is 0 Å². The minimum Gasteiger partial charge on any atom is -0.508 e. The lowest BCUT2D eigenvalue weighted by atomic mass is 10.0. The minimum atomic E-state index is 0.273. The quantitative estimate of drug-likeness (QED) is 0.873. The zero-order valence-electron chi connectivity index (χ0n) is 11.7. The maximum Gasteiger partial charge on any atom is 0.116 e. The second kappa shape index (κ2) is 5.17. The molecule has 0 bridgehead atoms.